The number of nitrogens with zero attached hydrogens (tertiary/aromatic N) is 4. The smallest absolute Gasteiger partial charge is 0.249 e. The summed E-state index contributed by atoms with van der Waals surface area (Å²) >= 11 is 0. The lowest BCUT2D eigenvalue weighted by Crippen LogP contribution is -2.55. The van der Waals surface area contributed by atoms with E-state index in [9.17, 15) is 14.7 Å². The molecule has 2 aromatic carbocycles. The van der Waals surface area contributed by atoms with E-state index in [1.807, 2.05) is 44.2 Å². The van der Waals surface area contributed by atoms with Crippen LogP contribution in [0.1, 0.15) is 72.1 Å². The van der Waals surface area contributed by atoms with Crippen LogP contribution in [0.2, 0.25) is 0 Å². The van der Waals surface area contributed by atoms with Gasteiger partial charge in [0.2, 0.25) is 17.7 Å². The van der Waals surface area contributed by atoms with Crippen LogP contribution >= 0.6 is 0 Å². The van der Waals surface area contributed by atoms with Gasteiger partial charge in [0.25, 0.3) is 0 Å². The number of aliphatic imine (C=N–C) groups is 1. The maximum atomic E-state index is 14.2. The molecule has 44 heavy (non-hydrogen) atoms. The van der Waals surface area contributed by atoms with Crippen LogP contribution in [-0.4, -0.2) is 63.1 Å². The van der Waals surface area contributed by atoms with Crippen molar-refractivity contribution in [3.63, 3.8) is 0 Å². The zero-order chi connectivity index (χ0) is 32.2. The second-order valence-corrected chi connectivity index (χ2v) is 11.0. The number of phenols is 1. The fraction of sp³-hybridized carbons (Fsp3) is 0.452. The largest absolute Gasteiger partial charge is 0.508 e. The molecule has 0 radical (unpaired) electrons. The van der Waals surface area contributed by atoms with Gasteiger partial charge < -0.3 is 43.2 Å². The molecule has 13 nitrogen and oxygen atoms in total. The number of carbonyl (C=O) groups is 2. The van der Waals surface area contributed by atoms with Crippen molar-refractivity contribution in [3.8, 4) is 5.75 Å². The third-order valence-electron chi connectivity index (χ3n) is 7.52. The number of hydrogen-bond acceptors (Lipinski definition) is 9. The van der Waals surface area contributed by atoms with Gasteiger partial charge in [-0.1, -0.05) is 35.5 Å². The van der Waals surface area contributed by atoms with Crippen LogP contribution in [0.25, 0.3) is 0 Å². The van der Waals surface area contributed by atoms with E-state index in [0.717, 1.165) is 22.3 Å². The van der Waals surface area contributed by atoms with Crippen LogP contribution in [0.4, 0.5) is 0 Å². The van der Waals surface area contributed by atoms with Gasteiger partial charge in [0.15, 0.2) is 11.8 Å². The molecule has 0 saturated carbocycles. The molecule has 238 valence electrons. The standard InChI is InChI=1S/C31H45N9O4/c1-19-15-22(41)16-20(2)23(19)18-26(28(34)42)40(30(43)24(33)11-8-14-37-31(35)36)25(12-6-7-13-32)29-38-27(39-44-29)17-21-9-4-3-5-10-21/h3-5,9-10,15-16,24-26,41H,6-8,11-14,17-18,32-33H2,1-2H3,(H2,34,42)(H4,35,36,37)/t24-,25+,26+/m1/s1. The monoisotopic (exact) mass is 607 g/mol. The topological polar surface area (TPSA) is 239 Å². The lowest BCUT2D eigenvalue weighted by atomic mass is 9.92. The van der Waals surface area contributed by atoms with E-state index in [4.69, 9.17) is 33.2 Å². The van der Waals surface area contributed by atoms with Gasteiger partial charge in [0.05, 0.1) is 6.04 Å². The van der Waals surface area contributed by atoms with Crippen LogP contribution < -0.4 is 28.7 Å². The lowest BCUT2D eigenvalue weighted by Gasteiger charge is -2.37. The Morgan fingerprint density at radius 1 is 1.02 bits per heavy atom. The summed E-state index contributed by atoms with van der Waals surface area (Å²) in [6.07, 6.45) is 2.88. The van der Waals surface area contributed by atoms with Crippen molar-refractivity contribution in [2.75, 3.05) is 13.1 Å². The van der Waals surface area contributed by atoms with Crippen molar-refractivity contribution < 1.29 is 19.2 Å². The number of phenolic OH excluding ortho intramolecular Hbond substituents is 1. The van der Waals surface area contributed by atoms with Gasteiger partial charge in [0.1, 0.15) is 17.8 Å². The van der Waals surface area contributed by atoms with E-state index in [1.165, 1.54) is 4.90 Å². The van der Waals surface area contributed by atoms with E-state index >= 15 is 0 Å². The highest BCUT2D eigenvalue weighted by Gasteiger charge is 2.40. The van der Waals surface area contributed by atoms with Crippen molar-refractivity contribution in [1.29, 1.82) is 0 Å². The maximum absolute atomic E-state index is 14.2. The van der Waals surface area contributed by atoms with Gasteiger partial charge in [-0.25, -0.2) is 0 Å². The molecule has 2 amide bonds. The first-order chi connectivity index (χ1) is 21.0. The van der Waals surface area contributed by atoms with Crippen LogP contribution in [0.3, 0.4) is 0 Å². The fourth-order valence-electron chi connectivity index (χ4n) is 5.30. The van der Waals surface area contributed by atoms with E-state index in [1.54, 1.807) is 12.1 Å². The number of aryl methyl sites for hydroxylation is 2. The molecule has 0 aliphatic heterocycles. The number of amides is 2. The molecule has 0 fully saturated rings. The number of aromatic hydroxyl groups is 1. The number of rotatable bonds is 17. The van der Waals surface area contributed by atoms with E-state index < -0.39 is 29.9 Å². The number of hydrogen-bond donors (Lipinski definition) is 6. The summed E-state index contributed by atoms with van der Waals surface area (Å²) in [6, 6.07) is 9.99. The molecule has 3 rings (SSSR count). The predicted octanol–water partition coefficient (Wildman–Crippen LogP) is 1.46. The number of guanidine groups is 1. The van der Waals surface area contributed by atoms with Crippen LogP contribution in [0, 0.1) is 13.8 Å². The molecule has 11 N–H and O–H groups in total. The van der Waals surface area contributed by atoms with Crippen molar-refractivity contribution in [3.05, 3.63) is 76.4 Å². The van der Waals surface area contributed by atoms with E-state index in [-0.39, 0.29) is 30.4 Å². The average Bonchev–Trinajstić information content (AvgIpc) is 3.43. The molecule has 0 aliphatic carbocycles. The zero-order valence-electron chi connectivity index (χ0n) is 25.5. The van der Waals surface area contributed by atoms with Crippen LogP contribution in [0.5, 0.6) is 5.75 Å². The highest BCUT2D eigenvalue weighted by molar-refractivity contribution is 5.89. The normalized spacial score (nSPS) is 13.2. The quantitative estimate of drug-likeness (QED) is 0.0733. The Labute approximate surface area is 257 Å². The Morgan fingerprint density at radius 3 is 2.32 bits per heavy atom. The number of unbranched alkanes of at least 4 members (excludes halogenated alkanes) is 1. The third kappa shape index (κ3) is 9.51. The first-order valence-electron chi connectivity index (χ1n) is 14.8. The number of benzene rings is 2. The lowest BCUT2D eigenvalue weighted by molar-refractivity contribution is -0.144. The van der Waals surface area contributed by atoms with Crippen LogP contribution in [-0.2, 0) is 22.4 Å². The summed E-state index contributed by atoms with van der Waals surface area (Å²) in [5, 5.41) is 14.3. The summed E-state index contributed by atoms with van der Waals surface area (Å²) in [6.45, 7) is 4.39. The summed E-state index contributed by atoms with van der Waals surface area (Å²) < 4.78 is 5.75. The molecular formula is C31H45N9O4. The van der Waals surface area contributed by atoms with Crippen molar-refractivity contribution in [1.82, 2.24) is 15.0 Å². The molecular weight excluding hydrogens is 562 g/mol. The first kappa shape index (κ1) is 34.0. The summed E-state index contributed by atoms with van der Waals surface area (Å²) in [4.78, 5) is 37.5. The molecule has 3 atom stereocenters. The van der Waals surface area contributed by atoms with Gasteiger partial charge in [0, 0.05) is 19.4 Å². The Hall–Kier alpha value is -4.49. The van der Waals surface area contributed by atoms with Gasteiger partial charge >= 0.3 is 0 Å². The number of aromatic nitrogens is 2. The highest BCUT2D eigenvalue weighted by atomic mass is 16.5. The van der Waals surface area contributed by atoms with Gasteiger partial charge in [-0.2, -0.15) is 4.98 Å². The summed E-state index contributed by atoms with van der Waals surface area (Å²) in [5.74, 6) is -0.544. The molecule has 0 saturated heterocycles. The Morgan fingerprint density at radius 2 is 1.70 bits per heavy atom. The summed E-state index contributed by atoms with van der Waals surface area (Å²) in [5.41, 5.74) is 32.4. The predicted molar refractivity (Wildman–Crippen MR) is 168 cm³/mol. The maximum Gasteiger partial charge on any atom is 0.249 e. The molecule has 3 aromatic rings. The summed E-state index contributed by atoms with van der Waals surface area (Å²) in [7, 11) is 0. The Kier molecular flexibility index (Phi) is 12.7. The number of nitrogens with two attached hydrogens (primary N) is 5. The molecule has 13 heteroatoms. The fourth-order valence-corrected chi connectivity index (χ4v) is 5.30. The van der Waals surface area contributed by atoms with Gasteiger partial charge in [-0.05, 0) is 86.9 Å². The minimum atomic E-state index is -1.11. The van der Waals surface area contributed by atoms with Crippen molar-refractivity contribution in [2.24, 2.45) is 33.7 Å². The molecule has 0 bridgehead atoms. The zero-order valence-corrected chi connectivity index (χ0v) is 25.5. The average molecular weight is 608 g/mol. The minimum Gasteiger partial charge on any atom is -0.508 e. The third-order valence-corrected chi connectivity index (χ3v) is 7.52. The second-order valence-electron chi connectivity index (χ2n) is 11.0. The first-order valence-corrected chi connectivity index (χ1v) is 14.8. The highest BCUT2D eigenvalue weighted by Crippen LogP contribution is 2.32. The SMILES string of the molecule is Cc1cc(O)cc(C)c1C[C@@H](C(N)=O)N(C(=O)[C@H](N)CCCN=C(N)N)[C@@H](CCCCN)c1nc(Cc2ccccc2)no1. The molecule has 0 unspecified atom stereocenters. The van der Waals surface area contributed by atoms with E-state index in [2.05, 4.69) is 15.1 Å². The Bertz CT molecular complexity index is 1380. The van der Waals surface area contributed by atoms with Gasteiger partial charge in [-0.3, -0.25) is 14.6 Å². The molecule has 1 aromatic heterocycles. The van der Waals surface area contributed by atoms with Crippen LogP contribution in [0.15, 0.2) is 52.0 Å². The van der Waals surface area contributed by atoms with Gasteiger partial charge in [-0.15, -0.1) is 0 Å². The number of carbonyl (C=O) groups excluding carboxylic acids is 2. The molecule has 0 aliphatic rings. The second kappa shape index (κ2) is 16.4. The minimum absolute atomic E-state index is 0.0531. The Balaban J connectivity index is 2.06. The molecule has 1 heterocycles. The van der Waals surface area contributed by atoms with E-state index in [0.29, 0.717) is 51.0 Å². The van der Waals surface area contributed by atoms with Crippen molar-refractivity contribution >= 4 is 17.8 Å². The van der Waals surface area contributed by atoms with Crippen molar-refractivity contribution in [2.45, 2.75) is 76.9 Å². The number of primary amides is 1. The molecule has 0 spiro atoms.